The van der Waals surface area contributed by atoms with Gasteiger partial charge in [0.05, 0.1) is 6.04 Å². The normalized spacial score (nSPS) is 18.6. The molecule has 2 N–H and O–H groups in total. The van der Waals surface area contributed by atoms with E-state index in [9.17, 15) is 4.79 Å². The Morgan fingerprint density at radius 1 is 1.35 bits per heavy atom. The topological polar surface area (TPSA) is 41.1 Å². The first-order chi connectivity index (χ1) is 9.72. The molecule has 1 aromatic carbocycles. The molecule has 2 rings (SSSR count). The van der Waals surface area contributed by atoms with Crippen LogP contribution in [0.5, 0.6) is 0 Å². The van der Waals surface area contributed by atoms with Gasteiger partial charge in [-0.05, 0) is 37.3 Å². The van der Waals surface area contributed by atoms with Gasteiger partial charge in [0.2, 0.25) is 5.91 Å². The lowest BCUT2D eigenvalue weighted by molar-refractivity contribution is -0.122. The Morgan fingerprint density at radius 2 is 2.15 bits per heavy atom. The van der Waals surface area contributed by atoms with Gasteiger partial charge in [0, 0.05) is 12.6 Å². The third-order valence-corrected chi connectivity index (χ3v) is 4.06. The maximum atomic E-state index is 12.0. The Bertz CT molecular complexity index is 444. The van der Waals surface area contributed by atoms with Gasteiger partial charge in [-0.15, -0.1) is 0 Å². The molecule has 1 aliphatic rings. The second-order valence-corrected chi connectivity index (χ2v) is 5.68. The minimum atomic E-state index is -0.132. The van der Waals surface area contributed by atoms with Crippen molar-refractivity contribution in [3.05, 3.63) is 35.4 Å². The van der Waals surface area contributed by atoms with Crippen LogP contribution in [0.4, 0.5) is 0 Å². The van der Waals surface area contributed by atoms with E-state index in [1.54, 1.807) is 0 Å². The number of carbonyl (C=O) groups is 1. The van der Waals surface area contributed by atoms with Gasteiger partial charge in [-0.3, -0.25) is 10.1 Å². The van der Waals surface area contributed by atoms with Crippen molar-refractivity contribution in [2.24, 2.45) is 0 Å². The molecule has 1 aromatic rings. The van der Waals surface area contributed by atoms with Crippen molar-refractivity contribution in [2.75, 3.05) is 6.54 Å². The Kier molecular flexibility index (Phi) is 5.60. The lowest BCUT2D eigenvalue weighted by atomic mass is 10.1. The van der Waals surface area contributed by atoms with Crippen LogP contribution in [0.1, 0.15) is 56.7 Å². The number of unbranched alkanes of at least 4 members (excludes halogenated alkanes) is 2. The van der Waals surface area contributed by atoms with Crippen molar-refractivity contribution in [3.8, 4) is 0 Å². The molecule has 2 unspecified atom stereocenters. The molecule has 110 valence electrons. The maximum absolute atomic E-state index is 12.0. The van der Waals surface area contributed by atoms with Crippen molar-refractivity contribution in [1.82, 2.24) is 10.6 Å². The molecule has 0 spiro atoms. The fraction of sp³-hybridized carbons (Fsp3) is 0.588. The third-order valence-electron chi connectivity index (χ3n) is 4.06. The predicted octanol–water partition coefficient (Wildman–Crippen LogP) is 2.96. The number of rotatable bonds is 7. The minimum Gasteiger partial charge on any atom is -0.355 e. The van der Waals surface area contributed by atoms with Crippen LogP contribution in [0.25, 0.3) is 0 Å². The number of benzene rings is 1. The molecule has 0 saturated heterocycles. The zero-order valence-corrected chi connectivity index (χ0v) is 12.6. The molecular weight excluding hydrogens is 248 g/mol. The van der Waals surface area contributed by atoms with Crippen LogP contribution in [-0.4, -0.2) is 18.5 Å². The average molecular weight is 274 g/mol. The van der Waals surface area contributed by atoms with E-state index in [1.165, 1.54) is 24.0 Å². The number of aryl methyl sites for hydroxylation is 1. The highest BCUT2D eigenvalue weighted by molar-refractivity contribution is 5.81. The number of fused-ring (bicyclic) bond motifs is 1. The predicted molar refractivity (Wildman–Crippen MR) is 82.6 cm³/mol. The van der Waals surface area contributed by atoms with Crippen LogP contribution in [0.3, 0.4) is 0 Å². The van der Waals surface area contributed by atoms with Gasteiger partial charge in [0.25, 0.3) is 0 Å². The summed E-state index contributed by atoms with van der Waals surface area (Å²) in [5.41, 5.74) is 2.78. The largest absolute Gasteiger partial charge is 0.355 e. The van der Waals surface area contributed by atoms with Crippen molar-refractivity contribution < 1.29 is 4.79 Å². The molecule has 1 amide bonds. The summed E-state index contributed by atoms with van der Waals surface area (Å²) in [6.07, 6.45) is 5.63. The molecule has 3 heteroatoms. The van der Waals surface area contributed by atoms with Gasteiger partial charge in [-0.25, -0.2) is 0 Å². The van der Waals surface area contributed by atoms with E-state index >= 15 is 0 Å². The van der Waals surface area contributed by atoms with E-state index in [4.69, 9.17) is 0 Å². The Morgan fingerprint density at radius 3 is 2.95 bits per heavy atom. The summed E-state index contributed by atoms with van der Waals surface area (Å²) in [5, 5.41) is 6.48. The summed E-state index contributed by atoms with van der Waals surface area (Å²) in [6, 6.07) is 8.72. The Hall–Kier alpha value is -1.35. The van der Waals surface area contributed by atoms with Crippen LogP contribution in [0.2, 0.25) is 0 Å². The molecule has 0 aliphatic heterocycles. The summed E-state index contributed by atoms with van der Waals surface area (Å²) in [6.45, 7) is 4.92. The van der Waals surface area contributed by atoms with Crippen molar-refractivity contribution in [2.45, 2.75) is 58.0 Å². The first-order valence-electron chi connectivity index (χ1n) is 7.84. The van der Waals surface area contributed by atoms with Gasteiger partial charge in [0.15, 0.2) is 0 Å². The molecule has 3 nitrogen and oxygen atoms in total. The number of hydrogen-bond acceptors (Lipinski definition) is 2. The Balaban J connectivity index is 1.80. The average Bonchev–Trinajstić information content (AvgIpc) is 2.87. The standard InChI is InChI=1S/C17H26N2O/c1-3-4-7-12-18-17(20)13(2)19-16-11-10-14-8-5-6-9-15(14)16/h5-6,8-9,13,16,19H,3-4,7,10-12H2,1-2H3,(H,18,20). The monoisotopic (exact) mass is 274 g/mol. The van der Waals surface area contributed by atoms with Crippen LogP contribution in [-0.2, 0) is 11.2 Å². The summed E-state index contributed by atoms with van der Waals surface area (Å²) >= 11 is 0. The van der Waals surface area contributed by atoms with E-state index in [0.717, 1.165) is 25.8 Å². The van der Waals surface area contributed by atoms with Crippen LogP contribution < -0.4 is 10.6 Å². The molecule has 1 aliphatic carbocycles. The number of nitrogens with one attached hydrogen (secondary N) is 2. The summed E-state index contributed by atoms with van der Waals surface area (Å²) in [5.74, 6) is 0.116. The van der Waals surface area contributed by atoms with E-state index in [1.807, 2.05) is 6.92 Å². The molecule has 0 bridgehead atoms. The quantitative estimate of drug-likeness (QED) is 0.751. The fourth-order valence-corrected chi connectivity index (χ4v) is 2.85. The molecule has 2 atom stereocenters. The highest BCUT2D eigenvalue weighted by atomic mass is 16.2. The van der Waals surface area contributed by atoms with Crippen LogP contribution in [0, 0.1) is 0 Å². The molecule has 0 heterocycles. The SMILES string of the molecule is CCCCCNC(=O)C(C)NC1CCc2ccccc21. The molecule has 0 saturated carbocycles. The lowest BCUT2D eigenvalue weighted by Gasteiger charge is -2.20. The molecule has 20 heavy (non-hydrogen) atoms. The van der Waals surface area contributed by atoms with Crippen molar-refractivity contribution >= 4 is 5.91 Å². The molecule has 0 radical (unpaired) electrons. The maximum Gasteiger partial charge on any atom is 0.236 e. The first kappa shape index (κ1) is 15.0. The molecule has 0 fully saturated rings. The molecule has 0 aromatic heterocycles. The second-order valence-electron chi connectivity index (χ2n) is 5.68. The van der Waals surface area contributed by atoms with E-state index in [-0.39, 0.29) is 11.9 Å². The Labute approximate surface area is 122 Å². The zero-order chi connectivity index (χ0) is 14.4. The number of amides is 1. The van der Waals surface area contributed by atoms with Gasteiger partial charge < -0.3 is 5.32 Å². The van der Waals surface area contributed by atoms with E-state index in [0.29, 0.717) is 6.04 Å². The number of hydrogen-bond donors (Lipinski definition) is 2. The van der Waals surface area contributed by atoms with Crippen molar-refractivity contribution in [3.63, 3.8) is 0 Å². The third kappa shape index (κ3) is 3.83. The van der Waals surface area contributed by atoms with E-state index < -0.39 is 0 Å². The lowest BCUT2D eigenvalue weighted by Crippen LogP contribution is -2.43. The first-order valence-corrected chi connectivity index (χ1v) is 7.84. The summed E-state index contributed by atoms with van der Waals surface area (Å²) in [4.78, 5) is 12.0. The fourth-order valence-electron chi connectivity index (χ4n) is 2.85. The van der Waals surface area contributed by atoms with Gasteiger partial charge in [0.1, 0.15) is 0 Å². The highest BCUT2D eigenvalue weighted by Gasteiger charge is 2.24. The summed E-state index contributed by atoms with van der Waals surface area (Å²) < 4.78 is 0. The second kappa shape index (κ2) is 7.44. The smallest absolute Gasteiger partial charge is 0.236 e. The highest BCUT2D eigenvalue weighted by Crippen LogP contribution is 2.30. The summed E-state index contributed by atoms with van der Waals surface area (Å²) in [7, 11) is 0. The zero-order valence-electron chi connectivity index (χ0n) is 12.6. The van der Waals surface area contributed by atoms with Gasteiger partial charge in [-0.1, -0.05) is 44.0 Å². The van der Waals surface area contributed by atoms with Crippen LogP contribution in [0.15, 0.2) is 24.3 Å². The van der Waals surface area contributed by atoms with Crippen molar-refractivity contribution in [1.29, 1.82) is 0 Å². The van der Waals surface area contributed by atoms with Gasteiger partial charge in [-0.2, -0.15) is 0 Å². The number of carbonyl (C=O) groups excluding carboxylic acids is 1. The van der Waals surface area contributed by atoms with E-state index in [2.05, 4.69) is 41.8 Å². The van der Waals surface area contributed by atoms with Crippen LogP contribution >= 0.6 is 0 Å². The molecular formula is C17H26N2O. The minimum absolute atomic E-state index is 0.116. The van der Waals surface area contributed by atoms with Gasteiger partial charge >= 0.3 is 0 Å².